The molecule has 0 saturated carbocycles. The molecule has 2 atom stereocenters. The van der Waals surface area contributed by atoms with E-state index in [0.29, 0.717) is 24.9 Å². The topological polar surface area (TPSA) is 66.5 Å². The predicted octanol–water partition coefficient (Wildman–Crippen LogP) is 4.14. The van der Waals surface area contributed by atoms with Gasteiger partial charge in [0.25, 0.3) is 0 Å². The first kappa shape index (κ1) is 22.8. The lowest BCUT2D eigenvalue weighted by Crippen LogP contribution is -2.36. The Bertz CT molecular complexity index is 1230. The number of halogens is 1. The van der Waals surface area contributed by atoms with Gasteiger partial charge >= 0.3 is 0 Å². The number of rotatable bonds is 7. The Balaban J connectivity index is 1.43. The summed E-state index contributed by atoms with van der Waals surface area (Å²) in [4.78, 5) is 12.6. The van der Waals surface area contributed by atoms with Crippen LogP contribution in [-0.2, 0) is 21.4 Å². The number of nitrogens with zero attached hydrogens (tertiary/aromatic N) is 1. The van der Waals surface area contributed by atoms with Crippen LogP contribution in [0.15, 0.2) is 71.6 Å². The minimum atomic E-state index is -3.72. The molecule has 1 fully saturated rings. The fourth-order valence-electron chi connectivity index (χ4n) is 4.10. The second-order valence-electron chi connectivity index (χ2n) is 8.03. The molecule has 0 aliphatic carbocycles. The van der Waals surface area contributed by atoms with Crippen LogP contribution in [0, 0.1) is 5.82 Å². The van der Waals surface area contributed by atoms with E-state index in [0.717, 1.165) is 10.8 Å². The highest BCUT2D eigenvalue weighted by molar-refractivity contribution is 7.89. The van der Waals surface area contributed by atoms with E-state index >= 15 is 0 Å². The maximum absolute atomic E-state index is 13.7. The van der Waals surface area contributed by atoms with Gasteiger partial charge in [-0.1, -0.05) is 48.5 Å². The Kier molecular flexibility index (Phi) is 6.83. The molecule has 3 aromatic carbocycles. The summed E-state index contributed by atoms with van der Waals surface area (Å²) in [6, 6.07) is 18.7. The lowest BCUT2D eigenvalue weighted by atomic mass is 10.1. The molecule has 5 nitrogen and oxygen atoms in total. The van der Waals surface area contributed by atoms with Crippen molar-refractivity contribution in [2.45, 2.75) is 42.0 Å². The van der Waals surface area contributed by atoms with E-state index in [1.807, 2.05) is 30.3 Å². The summed E-state index contributed by atoms with van der Waals surface area (Å²) in [6.07, 6.45) is 1.12. The highest BCUT2D eigenvalue weighted by atomic mass is 32.2. The van der Waals surface area contributed by atoms with Gasteiger partial charge in [-0.2, -0.15) is 16.9 Å². The molecule has 0 unspecified atom stereocenters. The van der Waals surface area contributed by atoms with Crippen LogP contribution in [0.25, 0.3) is 10.8 Å². The molecule has 0 radical (unpaired) electrons. The van der Waals surface area contributed by atoms with Gasteiger partial charge in [0, 0.05) is 36.4 Å². The first-order chi connectivity index (χ1) is 15.3. The molecule has 32 heavy (non-hydrogen) atoms. The summed E-state index contributed by atoms with van der Waals surface area (Å²) in [5.41, 5.74) is 0.414. The minimum Gasteiger partial charge on any atom is -0.352 e. The molecular formula is C24H25FN2O3S2. The number of thiol groups is 1. The molecule has 1 saturated heterocycles. The van der Waals surface area contributed by atoms with Gasteiger partial charge in [-0.15, -0.1) is 0 Å². The zero-order valence-electron chi connectivity index (χ0n) is 17.4. The third kappa shape index (κ3) is 4.98. The number of carbonyl (C=O) groups is 1. The lowest BCUT2D eigenvalue weighted by molar-refractivity contribution is -0.121. The highest BCUT2D eigenvalue weighted by Gasteiger charge is 2.39. The van der Waals surface area contributed by atoms with Crippen molar-refractivity contribution in [2.75, 3.05) is 6.54 Å². The van der Waals surface area contributed by atoms with Gasteiger partial charge in [-0.3, -0.25) is 4.79 Å². The van der Waals surface area contributed by atoms with Crippen molar-refractivity contribution in [3.05, 3.63) is 78.1 Å². The number of fused-ring (bicyclic) bond motifs is 1. The largest absolute Gasteiger partial charge is 0.352 e. The van der Waals surface area contributed by atoms with E-state index in [4.69, 9.17) is 0 Å². The van der Waals surface area contributed by atoms with E-state index in [2.05, 4.69) is 17.9 Å². The van der Waals surface area contributed by atoms with Gasteiger partial charge < -0.3 is 5.32 Å². The van der Waals surface area contributed by atoms with Crippen LogP contribution in [0.4, 0.5) is 4.39 Å². The zero-order chi connectivity index (χ0) is 22.7. The fraction of sp³-hybridized carbons (Fsp3) is 0.292. The molecule has 4 rings (SSSR count). The number of sulfonamides is 1. The van der Waals surface area contributed by atoms with Gasteiger partial charge in [0.1, 0.15) is 5.82 Å². The molecule has 1 heterocycles. The molecule has 1 N–H and O–H groups in total. The van der Waals surface area contributed by atoms with Crippen molar-refractivity contribution in [3.63, 3.8) is 0 Å². The van der Waals surface area contributed by atoms with Crippen LogP contribution in [0.1, 0.15) is 24.8 Å². The summed E-state index contributed by atoms with van der Waals surface area (Å²) in [6.45, 7) is 0.407. The molecule has 1 amide bonds. The Morgan fingerprint density at radius 2 is 1.78 bits per heavy atom. The van der Waals surface area contributed by atoms with E-state index in [-0.39, 0.29) is 40.9 Å². The van der Waals surface area contributed by atoms with Crippen LogP contribution in [0.5, 0.6) is 0 Å². The van der Waals surface area contributed by atoms with Crippen LogP contribution in [-0.4, -0.2) is 36.5 Å². The molecule has 0 aromatic heterocycles. The second kappa shape index (κ2) is 9.60. The van der Waals surface area contributed by atoms with Gasteiger partial charge in [0.15, 0.2) is 0 Å². The average molecular weight is 473 g/mol. The maximum atomic E-state index is 13.7. The smallest absolute Gasteiger partial charge is 0.243 e. The molecule has 1 aliphatic heterocycles. The summed E-state index contributed by atoms with van der Waals surface area (Å²) in [7, 11) is -3.72. The Morgan fingerprint density at radius 3 is 2.56 bits per heavy atom. The number of hydrogen-bond acceptors (Lipinski definition) is 4. The van der Waals surface area contributed by atoms with Crippen LogP contribution < -0.4 is 5.32 Å². The summed E-state index contributed by atoms with van der Waals surface area (Å²) in [5.74, 6) is -0.604. The van der Waals surface area contributed by atoms with Gasteiger partial charge in [0.05, 0.1) is 4.90 Å². The number of carbonyl (C=O) groups excluding carboxylic acids is 1. The third-order valence-electron chi connectivity index (χ3n) is 5.81. The summed E-state index contributed by atoms with van der Waals surface area (Å²) in [5, 5.41) is 4.46. The number of benzene rings is 3. The first-order valence-electron chi connectivity index (χ1n) is 10.5. The SMILES string of the molecule is O=C(CC[C@@H]1C[C@@H](S)CN1S(=O)(=O)c1ccc2ccccc2c1)NCc1ccccc1F. The first-order valence-corrected chi connectivity index (χ1v) is 12.5. The van der Waals surface area contributed by atoms with Crippen molar-refractivity contribution in [2.24, 2.45) is 0 Å². The Hall–Kier alpha value is -2.42. The molecule has 0 spiro atoms. The van der Waals surface area contributed by atoms with Crippen molar-refractivity contribution in [1.29, 1.82) is 0 Å². The normalized spacial score (nSPS) is 19.3. The highest BCUT2D eigenvalue weighted by Crippen LogP contribution is 2.32. The second-order valence-corrected chi connectivity index (χ2v) is 10.7. The summed E-state index contributed by atoms with van der Waals surface area (Å²) < 4.78 is 41.9. The molecule has 3 aromatic rings. The molecule has 168 valence electrons. The maximum Gasteiger partial charge on any atom is 0.243 e. The van der Waals surface area contributed by atoms with Crippen molar-refractivity contribution in [1.82, 2.24) is 9.62 Å². The van der Waals surface area contributed by atoms with E-state index < -0.39 is 10.0 Å². The number of amides is 1. The zero-order valence-corrected chi connectivity index (χ0v) is 19.2. The van der Waals surface area contributed by atoms with Crippen molar-refractivity contribution >= 4 is 39.3 Å². The standard InChI is InChI=1S/C24H25FN2O3S2/c25-23-8-4-3-7-19(23)15-26-24(28)12-10-20-14-21(31)16-27(20)32(29,30)22-11-9-17-5-1-2-6-18(17)13-22/h1-9,11,13,20-21,31H,10,12,14-16H2,(H,26,28)/t20-,21-/m1/s1. The molecule has 1 aliphatic rings. The fourth-order valence-corrected chi connectivity index (χ4v) is 6.38. The Labute approximate surface area is 193 Å². The number of hydrogen-bond donors (Lipinski definition) is 2. The molecular weight excluding hydrogens is 447 g/mol. The van der Waals surface area contributed by atoms with Crippen LogP contribution >= 0.6 is 12.6 Å². The summed E-state index contributed by atoms with van der Waals surface area (Å²) >= 11 is 4.51. The lowest BCUT2D eigenvalue weighted by Gasteiger charge is -2.24. The van der Waals surface area contributed by atoms with Crippen molar-refractivity contribution < 1.29 is 17.6 Å². The minimum absolute atomic E-state index is 0.0864. The van der Waals surface area contributed by atoms with Crippen LogP contribution in [0.3, 0.4) is 0 Å². The van der Waals surface area contributed by atoms with E-state index in [1.165, 1.54) is 10.4 Å². The quantitative estimate of drug-likeness (QED) is 0.508. The van der Waals surface area contributed by atoms with Crippen LogP contribution in [0.2, 0.25) is 0 Å². The average Bonchev–Trinajstić information content (AvgIpc) is 3.18. The van der Waals surface area contributed by atoms with Gasteiger partial charge in [-0.25, -0.2) is 12.8 Å². The number of nitrogens with one attached hydrogen (secondary N) is 1. The monoisotopic (exact) mass is 472 g/mol. The van der Waals surface area contributed by atoms with Gasteiger partial charge in [-0.05, 0) is 41.8 Å². The van der Waals surface area contributed by atoms with E-state index in [1.54, 1.807) is 30.3 Å². The van der Waals surface area contributed by atoms with Gasteiger partial charge in [0.2, 0.25) is 15.9 Å². The third-order valence-corrected chi connectivity index (χ3v) is 8.10. The molecule has 8 heteroatoms. The Morgan fingerprint density at radius 1 is 1.06 bits per heavy atom. The van der Waals surface area contributed by atoms with Crippen molar-refractivity contribution in [3.8, 4) is 0 Å². The predicted molar refractivity (Wildman–Crippen MR) is 126 cm³/mol. The van der Waals surface area contributed by atoms with E-state index in [9.17, 15) is 17.6 Å². The molecule has 0 bridgehead atoms.